The predicted octanol–water partition coefficient (Wildman–Crippen LogP) is 2.96. The summed E-state index contributed by atoms with van der Waals surface area (Å²) in [5, 5.41) is 18.4. The summed E-state index contributed by atoms with van der Waals surface area (Å²) in [6.45, 7) is 7.35. The van der Waals surface area contributed by atoms with E-state index >= 15 is 0 Å². The van der Waals surface area contributed by atoms with Gasteiger partial charge in [0.1, 0.15) is 11.5 Å². The summed E-state index contributed by atoms with van der Waals surface area (Å²) >= 11 is 0. The van der Waals surface area contributed by atoms with E-state index in [1.807, 2.05) is 13.8 Å². The van der Waals surface area contributed by atoms with E-state index in [9.17, 15) is 20.0 Å². The predicted molar refractivity (Wildman–Crippen MR) is 77.4 cm³/mol. The van der Waals surface area contributed by atoms with Crippen LogP contribution in [0.5, 0.6) is 11.5 Å². The van der Waals surface area contributed by atoms with E-state index in [0.29, 0.717) is 5.56 Å². The highest BCUT2D eigenvalue weighted by molar-refractivity contribution is 5.73. The van der Waals surface area contributed by atoms with Crippen LogP contribution >= 0.6 is 0 Å². The van der Waals surface area contributed by atoms with Crippen LogP contribution < -0.4 is 4.74 Å². The topological polar surface area (TPSA) is 98.9 Å². The van der Waals surface area contributed by atoms with E-state index < -0.39 is 11.1 Å². The zero-order valence-corrected chi connectivity index (χ0v) is 12.1. The number of phenolic OH excluding ortho intramolecular Hbond substituents is 1. The summed E-state index contributed by atoms with van der Waals surface area (Å²) < 4.78 is 5.00. The lowest BCUT2D eigenvalue weighted by molar-refractivity contribution is -0.757. The van der Waals surface area contributed by atoms with E-state index in [1.54, 1.807) is 0 Å². The van der Waals surface area contributed by atoms with Gasteiger partial charge >= 0.3 is 5.97 Å². The number of esters is 1. The Bertz CT molecular complexity index is 486. The maximum atomic E-state index is 11.4. The highest BCUT2D eigenvalue weighted by Gasteiger charge is 2.07. The van der Waals surface area contributed by atoms with Crippen molar-refractivity contribution in [3.63, 3.8) is 0 Å². The van der Waals surface area contributed by atoms with E-state index in [0.717, 1.165) is 0 Å². The van der Waals surface area contributed by atoms with Crippen LogP contribution in [0.25, 0.3) is 6.08 Å². The van der Waals surface area contributed by atoms with Crippen molar-refractivity contribution in [3.8, 4) is 11.5 Å². The average Bonchev–Trinajstić information content (AvgIpc) is 2.47. The first-order chi connectivity index (χ1) is 10.0. The number of hydrogen-bond acceptors (Lipinski definition) is 6. The quantitative estimate of drug-likeness (QED) is 0.273. The van der Waals surface area contributed by atoms with Crippen LogP contribution in [0.4, 0.5) is 0 Å². The van der Waals surface area contributed by atoms with E-state index in [4.69, 9.17) is 4.74 Å². The number of benzene rings is 1. The molecule has 1 N–H and O–H groups in total. The first-order valence-corrected chi connectivity index (χ1v) is 6.46. The van der Waals surface area contributed by atoms with Gasteiger partial charge in [0, 0.05) is 12.0 Å². The van der Waals surface area contributed by atoms with Gasteiger partial charge in [0.25, 0.3) is 5.09 Å². The fourth-order valence-corrected chi connectivity index (χ4v) is 1.30. The second-order valence-electron chi connectivity index (χ2n) is 3.56. The summed E-state index contributed by atoms with van der Waals surface area (Å²) in [6.07, 6.45) is 1.61. The zero-order chi connectivity index (χ0) is 16.3. The fourth-order valence-electron chi connectivity index (χ4n) is 1.30. The van der Waals surface area contributed by atoms with Crippen LogP contribution in [0.15, 0.2) is 24.8 Å². The van der Waals surface area contributed by atoms with Gasteiger partial charge in [-0.15, -0.1) is 10.1 Å². The molecule has 1 rings (SSSR count). The van der Waals surface area contributed by atoms with Crippen molar-refractivity contribution < 1.29 is 24.6 Å². The number of nitrogens with zero attached hydrogens (tertiary/aromatic N) is 1. The number of aromatic hydroxyl groups is 1. The highest BCUT2D eigenvalue weighted by atomic mass is 16.9. The van der Waals surface area contributed by atoms with Crippen LogP contribution in [-0.2, 0) is 9.63 Å². The Kier molecular flexibility index (Phi) is 8.99. The highest BCUT2D eigenvalue weighted by Crippen LogP contribution is 2.24. The number of phenols is 1. The molecule has 0 spiro atoms. The van der Waals surface area contributed by atoms with Crippen LogP contribution in [0, 0.1) is 10.1 Å². The lowest BCUT2D eigenvalue weighted by Crippen LogP contribution is -2.10. The van der Waals surface area contributed by atoms with Gasteiger partial charge in [0.15, 0.2) is 0 Å². The van der Waals surface area contributed by atoms with Gasteiger partial charge < -0.3 is 14.7 Å². The number of carbonyl (C=O) groups is 1. The molecule has 0 bridgehead atoms. The van der Waals surface area contributed by atoms with Crippen molar-refractivity contribution in [3.05, 3.63) is 40.5 Å². The Morgan fingerprint density at radius 3 is 2.71 bits per heavy atom. The molecular formula is C14H19NO6. The molecule has 0 amide bonds. The second kappa shape index (κ2) is 10.2. The van der Waals surface area contributed by atoms with Crippen LogP contribution in [0.1, 0.15) is 32.3 Å². The van der Waals surface area contributed by atoms with Crippen molar-refractivity contribution in [1.29, 1.82) is 0 Å². The molecule has 0 aliphatic rings. The van der Waals surface area contributed by atoms with Gasteiger partial charge in [-0.1, -0.05) is 26.5 Å². The van der Waals surface area contributed by atoms with Crippen LogP contribution in [-0.4, -0.2) is 22.8 Å². The third-order valence-electron chi connectivity index (χ3n) is 2.17. The molecule has 7 heteroatoms. The maximum absolute atomic E-state index is 11.4. The third kappa shape index (κ3) is 7.56. The summed E-state index contributed by atoms with van der Waals surface area (Å²) in [7, 11) is 0. The van der Waals surface area contributed by atoms with Crippen molar-refractivity contribution in [2.24, 2.45) is 0 Å². The standard InChI is InChI=1S/C12H13NO6.C2H6/c1-2-9-8-10(5-6-11(9)14)19-12(15)4-3-7-18-13(16)17;1-2/h2,5-6,8,14H,1,3-4,7H2;1-2H3. The molecule has 0 heterocycles. The van der Waals surface area contributed by atoms with Crippen molar-refractivity contribution in [1.82, 2.24) is 0 Å². The van der Waals surface area contributed by atoms with Gasteiger partial charge in [0.05, 0.1) is 6.61 Å². The molecule has 0 atom stereocenters. The molecule has 116 valence electrons. The molecule has 0 fully saturated rings. The maximum Gasteiger partial charge on any atom is 0.311 e. The third-order valence-corrected chi connectivity index (χ3v) is 2.17. The summed E-state index contributed by atoms with van der Waals surface area (Å²) in [5.41, 5.74) is 0.446. The van der Waals surface area contributed by atoms with Crippen molar-refractivity contribution >= 4 is 12.0 Å². The molecule has 0 aromatic heterocycles. The minimum atomic E-state index is -0.915. The Morgan fingerprint density at radius 1 is 1.48 bits per heavy atom. The van der Waals surface area contributed by atoms with Crippen molar-refractivity contribution in [2.75, 3.05) is 6.61 Å². The van der Waals surface area contributed by atoms with Gasteiger partial charge in [-0.3, -0.25) is 4.79 Å². The zero-order valence-electron chi connectivity index (χ0n) is 12.1. The van der Waals surface area contributed by atoms with E-state index in [-0.39, 0.29) is 30.9 Å². The molecule has 0 saturated carbocycles. The number of carbonyl (C=O) groups excluding carboxylic acids is 1. The van der Waals surface area contributed by atoms with Gasteiger partial charge in [-0.25, -0.2) is 0 Å². The molecule has 0 unspecified atom stereocenters. The molecule has 7 nitrogen and oxygen atoms in total. The van der Waals surface area contributed by atoms with Crippen LogP contribution in [0.3, 0.4) is 0 Å². The minimum Gasteiger partial charge on any atom is -0.507 e. The molecule has 1 aromatic rings. The normalized spacial score (nSPS) is 9.05. The minimum absolute atomic E-state index is 0.00185. The molecule has 0 saturated heterocycles. The second-order valence-corrected chi connectivity index (χ2v) is 3.56. The molecule has 0 radical (unpaired) electrons. The summed E-state index contributed by atoms with van der Waals surface area (Å²) in [4.78, 5) is 25.3. The summed E-state index contributed by atoms with van der Waals surface area (Å²) in [6, 6.07) is 4.29. The molecule has 21 heavy (non-hydrogen) atoms. The number of rotatable bonds is 7. The Labute approximate surface area is 122 Å². The first kappa shape index (κ1) is 18.4. The van der Waals surface area contributed by atoms with E-state index in [2.05, 4.69) is 11.4 Å². The monoisotopic (exact) mass is 297 g/mol. The fraction of sp³-hybridized carbons (Fsp3) is 0.357. The SMILES string of the molecule is C=Cc1cc(OC(=O)CCCO[N+](=O)[O-])ccc1O.CC. The van der Waals surface area contributed by atoms with Gasteiger partial charge in [-0.2, -0.15) is 0 Å². The molecule has 0 aliphatic carbocycles. The van der Waals surface area contributed by atoms with Gasteiger partial charge in [-0.05, 0) is 24.6 Å². The molecule has 1 aromatic carbocycles. The summed E-state index contributed by atoms with van der Waals surface area (Å²) in [5.74, 6) is -0.227. The Balaban J connectivity index is 0.00000191. The lowest BCUT2D eigenvalue weighted by Gasteiger charge is -2.06. The van der Waals surface area contributed by atoms with Crippen LogP contribution in [0.2, 0.25) is 0 Å². The Hall–Kier alpha value is -2.57. The average molecular weight is 297 g/mol. The van der Waals surface area contributed by atoms with Crippen molar-refractivity contribution in [2.45, 2.75) is 26.7 Å². The lowest BCUT2D eigenvalue weighted by atomic mass is 10.2. The first-order valence-electron chi connectivity index (χ1n) is 6.46. The largest absolute Gasteiger partial charge is 0.507 e. The van der Waals surface area contributed by atoms with E-state index in [1.165, 1.54) is 24.3 Å². The smallest absolute Gasteiger partial charge is 0.311 e. The molecular weight excluding hydrogens is 278 g/mol. The number of ether oxygens (including phenoxy) is 1. The number of hydrogen-bond donors (Lipinski definition) is 1. The molecule has 0 aliphatic heterocycles. The van der Waals surface area contributed by atoms with Gasteiger partial charge in [0.2, 0.25) is 0 Å². The Morgan fingerprint density at radius 2 is 2.14 bits per heavy atom.